The van der Waals surface area contributed by atoms with E-state index in [9.17, 15) is 4.79 Å². The highest BCUT2D eigenvalue weighted by Crippen LogP contribution is 2.22. The maximum absolute atomic E-state index is 12.6. The molecule has 0 saturated heterocycles. The predicted octanol–water partition coefficient (Wildman–Crippen LogP) is 3.45. The Labute approximate surface area is 149 Å². The number of rotatable bonds is 7. The minimum Gasteiger partial charge on any atom is -0.346 e. The van der Waals surface area contributed by atoms with E-state index in [0.717, 1.165) is 17.1 Å². The largest absolute Gasteiger partial charge is 0.346 e. The van der Waals surface area contributed by atoms with Crippen molar-refractivity contribution in [2.45, 2.75) is 32.9 Å². The van der Waals surface area contributed by atoms with E-state index in [-0.39, 0.29) is 17.9 Å². The number of thiophene rings is 1. The number of hydrogen-bond acceptors (Lipinski definition) is 5. The average Bonchev–Trinajstić information content (AvgIpc) is 3.28. The van der Waals surface area contributed by atoms with Gasteiger partial charge >= 0.3 is 0 Å². The van der Waals surface area contributed by atoms with Crippen LogP contribution in [0.15, 0.2) is 40.7 Å². The fraction of sp³-hybridized carbons (Fsp3) is 0.353. The first-order valence-electron chi connectivity index (χ1n) is 7.82. The van der Waals surface area contributed by atoms with Crippen molar-refractivity contribution in [1.29, 1.82) is 0 Å². The number of hydrogen-bond donors (Lipinski definition) is 1. The Bertz CT molecular complexity index is 764. The summed E-state index contributed by atoms with van der Waals surface area (Å²) in [5.41, 5.74) is 2.18. The molecule has 3 aromatic rings. The molecule has 3 heterocycles. The highest BCUT2D eigenvalue weighted by Gasteiger charge is 2.21. The molecule has 0 saturated carbocycles. The standard InChI is InChI=1S/C17H20N4OS2/c1-12(10-21-6-3-13(2)20-21)16(22)19-15(17-18-5-8-24-17)9-14-4-7-23-11-14/h3-8,11-12,15H,9-10H2,1-2H3,(H,19,22). The number of thiazole rings is 1. The molecule has 0 aliphatic heterocycles. The quantitative estimate of drug-likeness (QED) is 0.702. The molecule has 0 bridgehead atoms. The fourth-order valence-electron chi connectivity index (χ4n) is 2.49. The zero-order chi connectivity index (χ0) is 16.9. The third-order valence-corrected chi connectivity index (χ3v) is 5.39. The van der Waals surface area contributed by atoms with Gasteiger partial charge in [-0.2, -0.15) is 16.4 Å². The van der Waals surface area contributed by atoms with E-state index in [1.54, 1.807) is 28.9 Å². The lowest BCUT2D eigenvalue weighted by atomic mass is 10.1. The molecule has 0 aliphatic rings. The predicted molar refractivity (Wildman–Crippen MR) is 97.1 cm³/mol. The second-order valence-corrected chi connectivity index (χ2v) is 7.55. The zero-order valence-corrected chi connectivity index (χ0v) is 15.3. The van der Waals surface area contributed by atoms with Crippen molar-refractivity contribution in [2.75, 3.05) is 0 Å². The first kappa shape index (κ1) is 16.9. The van der Waals surface area contributed by atoms with Gasteiger partial charge < -0.3 is 5.32 Å². The summed E-state index contributed by atoms with van der Waals surface area (Å²) in [6.45, 7) is 4.44. The second kappa shape index (κ2) is 7.72. The van der Waals surface area contributed by atoms with Crippen LogP contribution in [-0.2, 0) is 17.8 Å². The first-order chi connectivity index (χ1) is 11.6. The van der Waals surface area contributed by atoms with Crippen molar-refractivity contribution in [3.63, 3.8) is 0 Å². The highest BCUT2D eigenvalue weighted by molar-refractivity contribution is 7.09. The Morgan fingerprint density at radius 3 is 2.88 bits per heavy atom. The van der Waals surface area contributed by atoms with Crippen molar-refractivity contribution in [2.24, 2.45) is 5.92 Å². The van der Waals surface area contributed by atoms with E-state index in [2.05, 4.69) is 32.2 Å². The molecule has 126 valence electrons. The number of carbonyl (C=O) groups excluding carboxylic acids is 1. The molecule has 1 N–H and O–H groups in total. The lowest BCUT2D eigenvalue weighted by Crippen LogP contribution is -2.35. The van der Waals surface area contributed by atoms with Crippen molar-refractivity contribution in [1.82, 2.24) is 20.1 Å². The Balaban J connectivity index is 1.66. The van der Waals surface area contributed by atoms with Gasteiger partial charge in [0.2, 0.25) is 5.91 Å². The molecule has 0 aliphatic carbocycles. The molecule has 2 atom stereocenters. The lowest BCUT2D eigenvalue weighted by Gasteiger charge is -2.19. The summed E-state index contributed by atoms with van der Waals surface area (Å²) in [7, 11) is 0. The summed E-state index contributed by atoms with van der Waals surface area (Å²) in [6, 6.07) is 3.95. The van der Waals surface area contributed by atoms with E-state index >= 15 is 0 Å². The smallest absolute Gasteiger partial charge is 0.225 e. The number of aryl methyl sites for hydroxylation is 1. The van der Waals surface area contributed by atoms with Gasteiger partial charge in [0.05, 0.1) is 24.2 Å². The van der Waals surface area contributed by atoms with Gasteiger partial charge in [0.1, 0.15) is 5.01 Å². The van der Waals surface area contributed by atoms with E-state index in [1.807, 2.05) is 36.2 Å². The molecular weight excluding hydrogens is 340 g/mol. The van der Waals surface area contributed by atoms with E-state index in [1.165, 1.54) is 5.56 Å². The third-order valence-electron chi connectivity index (χ3n) is 3.77. The SMILES string of the molecule is Cc1ccn(CC(C)C(=O)NC(Cc2ccsc2)c2nccs2)n1. The lowest BCUT2D eigenvalue weighted by molar-refractivity contribution is -0.125. The molecule has 2 unspecified atom stereocenters. The molecule has 0 spiro atoms. The van der Waals surface area contributed by atoms with Crippen LogP contribution < -0.4 is 5.32 Å². The zero-order valence-electron chi connectivity index (χ0n) is 13.7. The van der Waals surface area contributed by atoms with Gasteiger partial charge in [0.15, 0.2) is 0 Å². The molecule has 24 heavy (non-hydrogen) atoms. The van der Waals surface area contributed by atoms with Crippen molar-refractivity contribution >= 4 is 28.6 Å². The van der Waals surface area contributed by atoms with Crippen LogP contribution in [0.1, 0.15) is 29.2 Å². The van der Waals surface area contributed by atoms with Crippen molar-refractivity contribution in [3.05, 3.63) is 56.9 Å². The van der Waals surface area contributed by atoms with Crippen LogP contribution >= 0.6 is 22.7 Å². The van der Waals surface area contributed by atoms with Gasteiger partial charge in [0, 0.05) is 24.2 Å². The van der Waals surface area contributed by atoms with Gasteiger partial charge in [-0.1, -0.05) is 6.92 Å². The molecule has 1 amide bonds. The fourth-order valence-corrected chi connectivity index (χ4v) is 3.86. The van der Waals surface area contributed by atoms with Gasteiger partial charge in [-0.05, 0) is 35.4 Å². The van der Waals surface area contributed by atoms with E-state index < -0.39 is 0 Å². The first-order valence-corrected chi connectivity index (χ1v) is 9.65. The molecule has 7 heteroatoms. The van der Waals surface area contributed by atoms with Crippen LogP contribution in [0.3, 0.4) is 0 Å². The molecule has 3 aromatic heterocycles. The Kier molecular flexibility index (Phi) is 5.42. The van der Waals surface area contributed by atoms with Crippen molar-refractivity contribution in [3.8, 4) is 0 Å². The number of carbonyl (C=O) groups is 1. The molecule has 0 fully saturated rings. The van der Waals surface area contributed by atoms with Crippen LogP contribution in [0.4, 0.5) is 0 Å². The van der Waals surface area contributed by atoms with E-state index in [0.29, 0.717) is 6.54 Å². The maximum atomic E-state index is 12.6. The summed E-state index contributed by atoms with van der Waals surface area (Å²) in [6.07, 6.45) is 4.45. The van der Waals surface area contributed by atoms with Crippen LogP contribution in [0.5, 0.6) is 0 Å². The molecular formula is C17H20N4OS2. The normalized spacial score (nSPS) is 13.6. The van der Waals surface area contributed by atoms with Gasteiger partial charge in [-0.3, -0.25) is 9.48 Å². The molecule has 0 radical (unpaired) electrons. The van der Waals surface area contributed by atoms with E-state index in [4.69, 9.17) is 0 Å². The topological polar surface area (TPSA) is 59.8 Å². The monoisotopic (exact) mass is 360 g/mol. The molecule has 5 nitrogen and oxygen atoms in total. The van der Waals surface area contributed by atoms with Crippen LogP contribution in [0.25, 0.3) is 0 Å². The van der Waals surface area contributed by atoms with Crippen LogP contribution in [0, 0.1) is 12.8 Å². The minimum absolute atomic E-state index is 0.0265. The number of aromatic nitrogens is 3. The van der Waals surface area contributed by atoms with Gasteiger partial charge in [-0.25, -0.2) is 4.98 Å². The summed E-state index contributed by atoms with van der Waals surface area (Å²) >= 11 is 3.24. The Morgan fingerprint density at radius 1 is 1.38 bits per heavy atom. The van der Waals surface area contributed by atoms with Gasteiger partial charge in [0.25, 0.3) is 0 Å². The second-order valence-electron chi connectivity index (χ2n) is 5.85. The number of nitrogens with zero attached hydrogens (tertiary/aromatic N) is 3. The summed E-state index contributed by atoms with van der Waals surface area (Å²) in [5, 5.41) is 14.6. The summed E-state index contributed by atoms with van der Waals surface area (Å²) in [4.78, 5) is 17.0. The van der Waals surface area contributed by atoms with Crippen LogP contribution in [-0.4, -0.2) is 20.7 Å². The number of amides is 1. The van der Waals surface area contributed by atoms with Crippen LogP contribution in [0.2, 0.25) is 0 Å². The van der Waals surface area contributed by atoms with Gasteiger partial charge in [-0.15, -0.1) is 11.3 Å². The average molecular weight is 361 g/mol. The Morgan fingerprint density at radius 2 is 2.25 bits per heavy atom. The number of nitrogens with one attached hydrogen (secondary N) is 1. The minimum atomic E-state index is -0.158. The van der Waals surface area contributed by atoms with Crippen molar-refractivity contribution < 1.29 is 4.79 Å². The third kappa shape index (κ3) is 4.30. The molecule has 3 rings (SSSR count). The summed E-state index contributed by atoms with van der Waals surface area (Å²) < 4.78 is 1.82. The molecule has 0 aromatic carbocycles. The maximum Gasteiger partial charge on any atom is 0.225 e. The highest BCUT2D eigenvalue weighted by atomic mass is 32.1. The Hall–Kier alpha value is -1.99. The summed E-state index contributed by atoms with van der Waals surface area (Å²) in [5.74, 6) is -0.132.